The van der Waals surface area contributed by atoms with Gasteiger partial charge in [0.25, 0.3) is 0 Å². The van der Waals surface area contributed by atoms with Crippen LogP contribution in [-0.2, 0) is 14.8 Å². The van der Waals surface area contributed by atoms with Gasteiger partial charge in [-0.05, 0) is 101 Å². The summed E-state index contributed by atoms with van der Waals surface area (Å²) in [5.41, 5.74) is 0.271. The maximum absolute atomic E-state index is 14.0. The van der Waals surface area contributed by atoms with Gasteiger partial charge in [0, 0.05) is 12.1 Å². The van der Waals surface area contributed by atoms with Crippen molar-refractivity contribution in [2.75, 3.05) is 31.5 Å². The molecule has 2 aromatic carbocycles. The summed E-state index contributed by atoms with van der Waals surface area (Å²) in [4.78, 5) is 14.5. The molecule has 0 bridgehead atoms. The van der Waals surface area contributed by atoms with Gasteiger partial charge in [0.15, 0.2) is 0 Å². The molecule has 2 aromatic rings. The Kier molecular flexibility index (Phi) is 7.05. The van der Waals surface area contributed by atoms with Gasteiger partial charge in [-0.15, -0.1) is 0 Å². The highest BCUT2D eigenvalue weighted by Gasteiger charge is 2.49. The van der Waals surface area contributed by atoms with Gasteiger partial charge in [0.05, 0.1) is 17.1 Å². The second kappa shape index (κ2) is 9.59. The molecule has 0 unspecified atom stereocenters. The minimum absolute atomic E-state index is 0.0277. The van der Waals surface area contributed by atoms with E-state index in [1.165, 1.54) is 24.3 Å². The molecule has 9 heteroatoms. The highest BCUT2D eigenvalue weighted by atomic mass is 32.2. The van der Waals surface area contributed by atoms with E-state index in [0.29, 0.717) is 26.1 Å². The molecule has 2 saturated heterocycles. The van der Waals surface area contributed by atoms with E-state index < -0.39 is 27.2 Å². The third-order valence-electron chi connectivity index (χ3n) is 7.49. The number of carbonyl (C=O) groups excluding carboxylic acids is 1. The first-order valence-corrected chi connectivity index (χ1v) is 13.4. The number of hydrogen-bond donors (Lipinski definition) is 1. The molecule has 35 heavy (non-hydrogen) atoms. The SMILES string of the molecule is Cc1ccc(F)c(NC(=O)CN2CCC3(CC2)CCC(C)(C)N(S(=O)(=O)c2cccc(F)c2)C3)c1. The first-order valence-electron chi connectivity index (χ1n) is 12.0. The zero-order valence-electron chi connectivity index (χ0n) is 20.5. The van der Waals surface area contributed by atoms with Crippen LogP contribution in [0, 0.1) is 24.0 Å². The van der Waals surface area contributed by atoms with Crippen molar-refractivity contribution in [2.45, 2.75) is 56.9 Å². The number of benzene rings is 2. The van der Waals surface area contributed by atoms with Crippen molar-refractivity contribution >= 4 is 21.6 Å². The Labute approximate surface area is 206 Å². The van der Waals surface area contributed by atoms with E-state index in [1.54, 1.807) is 16.4 Å². The van der Waals surface area contributed by atoms with Gasteiger partial charge in [-0.3, -0.25) is 9.69 Å². The Morgan fingerprint density at radius 1 is 1.03 bits per heavy atom. The summed E-state index contributed by atoms with van der Waals surface area (Å²) in [7, 11) is -3.86. The fraction of sp³-hybridized carbons (Fsp3) is 0.500. The molecule has 4 rings (SSSR count). The number of hydrogen-bond acceptors (Lipinski definition) is 4. The van der Waals surface area contributed by atoms with Gasteiger partial charge in [-0.1, -0.05) is 12.1 Å². The highest BCUT2D eigenvalue weighted by Crippen LogP contribution is 2.46. The van der Waals surface area contributed by atoms with Crippen molar-refractivity contribution in [1.29, 1.82) is 0 Å². The Morgan fingerprint density at radius 2 is 1.74 bits per heavy atom. The van der Waals surface area contributed by atoms with Crippen LogP contribution in [0.2, 0.25) is 0 Å². The molecule has 1 spiro atoms. The maximum Gasteiger partial charge on any atom is 0.243 e. The van der Waals surface area contributed by atoms with Crippen LogP contribution in [0.15, 0.2) is 47.4 Å². The van der Waals surface area contributed by atoms with Crippen LogP contribution in [0.4, 0.5) is 14.5 Å². The number of aryl methyl sites for hydroxylation is 1. The lowest BCUT2D eigenvalue weighted by molar-refractivity contribution is -0.118. The molecule has 2 heterocycles. The lowest BCUT2D eigenvalue weighted by atomic mass is 9.69. The predicted octanol–water partition coefficient (Wildman–Crippen LogP) is 4.56. The Hall–Kier alpha value is -2.36. The van der Waals surface area contributed by atoms with Crippen LogP contribution in [0.1, 0.15) is 45.1 Å². The average molecular weight is 506 g/mol. The fourth-order valence-electron chi connectivity index (χ4n) is 5.18. The average Bonchev–Trinajstić information content (AvgIpc) is 2.79. The molecule has 0 atom stereocenters. The molecular weight excluding hydrogens is 472 g/mol. The summed E-state index contributed by atoms with van der Waals surface area (Å²) in [6.07, 6.45) is 3.10. The number of rotatable bonds is 5. The van der Waals surface area contributed by atoms with Crippen molar-refractivity contribution in [2.24, 2.45) is 5.41 Å². The molecule has 0 aromatic heterocycles. The molecule has 1 N–H and O–H groups in total. The van der Waals surface area contributed by atoms with Gasteiger partial charge >= 0.3 is 0 Å². The van der Waals surface area contributed by atoms with Gasteiger partial charge in [0.1, 0.15) is 11.6 Å². The van der Waals surface area contributed by atoms with Crippen molar-refractivity contribution < 1.29 is 22.0 Å². The number of nitrogens with zero attached hydrogens (tertiary/aromatic N) is 2. The molecule has 2 aliphatic heterocycles. The van der Waals surface area contributed by atoms with E-state index in [2.05, 4.69) is 5.32 Å². The second-order valence-electron chi connectivity index (χ2n) is 10.6. The topological polar surface area (TPSA) is 69.7 Å². The van der Waals surface area contributed by atoms with E-state index in [0.717, 1.165) is 30.9 Å². The largest absolute Gasteiger partial charge is 0.322 e. The number of nitrogens with one attached hydrogen (secondary N) is 1. The summed E-state index contributed by atoms with van der Waals surface area (Å²) >= 11 is 0. The molecule has 0 aliphatic carbocycles. The van der Waals surface area contributed by atoms with E-state index in [9.17, 15) is 22.0 Å². The Morgan fingerprint density at radius 3 is 2.43 bits per heavy atom. The summed E-state index contributed by atoms with van der Waals surface area (Å²) in [5, 5.41) is 2.66. The van der Waals surface area contributed by atoms with Crippen LogP contribution >= 0.6 is 0 Å². The standard InChI is InChI=1S/C26H33F2N3O3S/c1-19-7-8-22(28)23(15-19)29-24(32)17-30-13-11-26(12-14-30)10-9-25(2,3)31(18-26)35(33,34)21-6-4-5-20(27)16-21/h4-8,15-16H,9-14,17-18H2,1-3H3,(H,29,32). The molecule has 6 nitrogen and oxygen atoms in total. The van der Waals surface area contributed by atoms with E-state index >= 15 is 0 Å². The van der Waals surface area contributed by atoms with Crippen LogP contribution in [-0.4, -0.2) is 55.2 Å². The van der Waals surface area contributed by atoms with Gasteiger partial charge in [-0.2, -0.15) is 4.31 Å². The van der Waals surface area contributed by atoms with Crippen LogP contribution in [0.5, 0.6) is 0 Å². The molecule has 0 saturated carbocycles. The summed E-state index contributed by atoms with van der Waals surface area (Å²) < 4.78 is 56.3. The van der Waals surface area contributed by atoms with Gasteiger partial charge < -0.3 is 5.32 Å². The van der Waals surface area contributed by atoms with Gasteiger partial charge in [0.2, 0.25) is 15.9 Å². The Bertz CT molecular complexity index is 1210. The summed E-state index contributed by atoms with van der Waals surface area (Å²) in [6.45, 7) is 7.49. The number of piperidine rings is 2. The third kappa shape index (κ3) is 5.57. The monoisotopic (exact) mass is 505 g/mol. The molecule has 2 fully saturated rings. The highest BCUT2D eigenvalue weighted by molar-refractivity contribution is 7.89. The van der Waals surface area contributed by atoms with Crippen molar-refractivity contribution in [3.05, 3.63) is 59.7 Å². The predicted molar refractivity (Wildman–Crippen MR) is 131 cm³/mol. The van der Waals surface area contributed by atoms with E-state index in [1.807, 2.05) is 25.7 Å². The summed E-state index contributed by atoms with van der Waals surface area (Å²) in [5.74, 6) is -1.32. The molecule has 0 radical (unpaired) electrons. The molecule has 190 valence electrons. The number of likely N-dealkylation sites (tertiary alicyclic amines) is 1. The van der Waals surface area contributed by atoms with Crippen LogP contribution < -0.4 is 5.32 Å². The van der Waals surface area contributed by atoms with Crippen molar-refractivity contribution in [3.63, 3.8) is 0 Å². The van der Waals surface area contributed by atoms with E-state index in [-0.39, 0.29) is 28.4 Å². The number of sulfonamides is 1. The second-order valence-corrected chi connectivity index (χ2v) is 12.5. The number of anilines is 1. The van der Waals surface area contributed by atoms with Crippen molar-refractivity contribution in [3.8, 4) is 0 Å². The maximum atomic E-state index is 14.0. The first kappa shape index (κ1) is 25.7. The smallest absolute Gasteiger partial charge is 0.243 e. The normalized spacial score (nSPS) is 20.6. The lowest BCUT2D eigenvalue weighted by Crippen LogP contribution is -2.59. The van der Waals surface area contributed by atoms with Gasteiger partial charge in [-0.25, -0.2) is 17.2 Å². The van der Waals surface area contributed by atoms with Crippen LogP contribution in [0.3, 0.4) is 0 Å². The van der Waals surface area contributed by atoms with E-state index in [4.69, 9.17) is 0 Å². The van der Waals surface area contributed by atoms with Crippen LogP contribution in [0.25, 0.3) is 0 Å². The first-order chi connectivity index (χ1) is 16.4. The minimum Gasteiger partial charge on any atom is -0.322 e. The summed E-state index contributed by atoms with van der Waals surface area (Å²) in [6, 6.07) is 9.76. The fourth-order valence-corrected chi connectivity index (χ4v) is 7.13. The number of halogens is 2. The molecule has 1 amide bonds. The number of amides is 1. The molecular formula is C26H33F2N3O3S. The number of carbonyl (C=O) groups is 1. The molecule has 2 aliphatic rings. The third-order valence-corrected chi connectivity index (χ3v) is 9.54. The zero-order chi connectivity index (χ0) is 25.4. The quantitative estimate of drug-likeness (QED) is 0.647. The Balaban J connectivity index is 1.42. The lowest BCUT2D eigenvalue weighted by Gasteiger charge is -2.53. The minimum atomic E-state index is -3.86. The zero-order valence-corrected chi connectivity index (χ0v) is 21.3. The van der Waals surface area contributed by atoms with Crippen molar-refractivity contribution in [1.82, 2.24) is 9.21 Å².